The summed E-state index contributed by atoms with van der Waals surface area (Å²) < 4.78 is 0. The number of amides is 2. The fourth-order valence-corrected chi connectivity index (χ4v) is 2.41. The molecule has 1 heterocycles. The van der Waals surface area contributed by atoms with E-state index in [2.05, 4.69) is 33.8 Å². The zero-order valence-corrected chi connectivity index (χ0v) is 14.4. The number of rotatable bonds is 8. The van der Waals surface area contributed by atoms with Crippen LogP contribution in [0.2, 0.25) is 0 Å². The summed E-state index contributed by atoms with van der Waals surface area (Å²) in [4.78, 5) is 25.6. The monoisotopic (exact) mass is 344 g/mol. The molecule has 2 aromatic rings. The van der Waals surface area contributed by atoms with Gasteiger partial charge in [0.1, 0.15) is 11.4 Å². The Morgan fingerprint density at radius 1 is 1.16 bits per heavy atom. The molecule has 7 nitrogen and oxygen atoms in total. The van der Waals surface area contributed by atoms with E-state index in [9.17, 15) is 14.7 Å². The number of primary amides is 1. The van der Waals surface area contributed by atoms with Crippen LogP contribution in [0, 0.1) is 13.8 Å². The number of carbonyl (C=O) groups excluding carboxylic acids is 2. The van der Waals surface area contributed by atoms with Gasteiger partial charge < -0.3 is 26.5 Å². The van der Waals surface area contributed by atoms with Crippen LogP contribution in [0.5, 0.6) is 0 Å². The predicted molar refractivity (Wildman–Crippen MR) is 95.3 cm³/mol. The number of hydrogen-bond acceptors (Lipinski definition) is 4. The van der Waals surface area contributed by atoms with Gasteiger partial charge >= 0.3 is 0 Å². The van der Waals surface area contributed by atoms with E-state index in [1.54, 1.807) is 0 Å². The number of aromatic amines is 1. The van der Waals surface area contributed by atoms with Crippen LogP contribution >= 0.6 is 0 Å². The Bertz CT molecular complexity index is 755. The summed E-state index contributed by atoms with van der Waals surface area (Å²) in [5.74, 6) is -1.03. The van der Waals surface area contributed by atoms with Gasteiger partial charge in [0, 0.05) is 19.6 Å². The number of benzene rings is 1. The van der Waals surface area contributed by atoms with Gasteiger partial charge in [-0.2, -0.15) is 0 Å². The Labute approximate surface area is 146 Å². The van der Waals surface area contributed by atoms with Gasteiger partial charge in [0.15, 0.2) is 0 Å². The summed E-state index contributed by atoms with van der Waals surface area (Å²) in [6.45, 7) is 5.19. The van der Waals surface area contributed by atoms with Crippen LogP contribution in [-0.2, 0) is 6.54 Å². The van der Waals surface area contributed by atoms with Crippen molar-refractivity contribution in [2.75, 3.05) is 13.1 Å². The van der Waals surface area contributed by atoms with Gasteiger partial charge in [-0.1, -0.05) is 23.8 Å². The number of carbonyl (C=O) groups is 2. The highest BCUT2D eigenvalue weighted by Crippen LogP contribution is 2.10. The molecule has 7 heteroatoms. The molecule has 0 aliphatic rings. The first-order chi connectivity index (χ1) is 11.9. The second-order valence-corrected chi connectivity index (χ2v) is 6.07. The molecule has 1 aromatic carbocycles. The first kappa shape index (κ1) is 18.7. The molecule has 2 rings (SSSR count). The molecule has 25 heavy (non-hydrogen) atoms. The summed E-state index contributed by atoms with van der Waals surface area (Å²) in [5, 5.41) is 15.8. The van der Waals surface area contributed by atoms with E-state index in [1.807, 2.05) is 13.8 Å². The van der Waals surface area contributed by atoms with E-state index >= 15 is 0 Å². The molecule has 0 aliphatic carbocycles. The van der Waals surface area contributed by atoms with Gasteiger partial charge in [-0.25, -0.2) is 0 Å². The molecule has 1 atom stereocenters. The maximum Gasteiger partial charge on any atom is 0.267 e. The van der Waals surface area contributed by atoms with E-state index < -0.39 is 17.9 Å². The van der Waals surface area contributed by atoms with Crippen LogP contribution in [-0.4, -0.2) is 41.1 Å². The van der Waals surface area contributed by atoms with Gasteiger partial charge in [-0.05, 0) is 37.1 Å². The number of hydrogen-bond donors (Lipinski definition) is 5. The highest BCUT2D eigenvalue weighted by Gasteiger charge is 2.12. The Morgan fingerprint density at radius 3 is 2.56 bits per heavy atom. The summed E-state index contributed by atoms with van der Waals surface area (Å²) in [6.07, 6.45) is -0.723. The van der Waals surface area contributed by atoms with Crippen molar-refractivity contribution >= 4 is 11.8 Å². The number of aliphatic hydroxyl groups excluding tert-OH is 1. The minimum absolute atomic E-state index is 0.101. The van der Waals surface area contributed by atoms with Crippen LogP contribution in [0.15, 0.2) is 30.3 Å². The van der Waals surface area contributed by atoms with Gasteiger partial charge in [0.05, 0.1) is 6.10 Å². The molecule has 0 saturated carbocycles. The summed E-state index contributed by atoms with van der Waals surface area (Å²) in [7, 11) is 0. The molecule has 0 spiro atoms. The maximum absolute atomic E-state index is 11.9. The van der Waals surface area contributed by atoms with E-state index in [1.165, 1.54) is 28.8 Å². The highest BCUT2D eigenvalue weighted by molar-refractivity contribution is 5.96. The SMILES string of the molecule is Cc1ccc(C)c(CNCC(O)CNC(=O)c2ccc(C(N)=O)[nH]2)c1. The van der Waals surface area contributed by atoms with Crippen LogP contribution < -0.4 is 16.4 Å². The number of aryl methyl sites for hydroxylation is 2. The van der Waals surface area contributed by atoms with Crippen molar-refractivity contribution in [3.63, 3.8) is 0 Å². The number of aromatic nitrogens is 1. The Balaban J connectivity index is 1.74. The molecule has 134 valence electrons. The Morgan fingerprint density at radius 2 is 1.88 bits per heavy atom. The molecule has 2 amide bonds. The minimum Gasteiger partial charge on any atom is -0.390 e. The van der Waals surface area contributed by atoms with Crippen LogP contribution in [0.1, 0.15) is 37.7 Å². The minimum atomic E-state index is -0.723. The van der Waals surface area contributed by atoms with Crippen molar-refractivity contribution < 1.29 is 14.7 Å². The van der Waals surface area contributed by atoms with E-state index in [4.69, 9.17) is 5.73 Å². The van der Waals surface area contributed by atoms with Crippen molar-refractivity contribution in [1.82, 2.24) is 15.6 Å². The lowest BCUT2D eigenvalue weighted by atomic mass is 10.1. The number of nitrogens with two attached hydrogens (primary N) is 1. The third-order valence-electron chi connectivity index (χ3n) is 3.89. The Hall–Kier alpha value is -2.64. The molecule has 0 aliphatic heterocycles. The van der Waals surface area contributed by atoms with Crippen molar-refractivity contribution in [2.24, 2.45) is 5.73 Å². The zero-order chi connectivity index (χ0) is 18.4. The summed E-state index contributed by atoms with van der Waals surface area (Å²) in [5.41, 5.74) is 9.08. The molecule has 0 bridgehead atoms. The van der Waals surface area contributed by atoms with Crippen molar-refractivity contribution in [3.05, 3.63) is 58.4 Å². The van der Waals surface area contributed by atoms with Crippen molar-refractivity contribution in [3.8, 4) is 0 Å². The number of aliphatic hydroxyl groups is 1. The summed E-state index contributed by atoms with van der Waals surface area (Å²) >= 11 is 0. The Kier molecular flexibility index (Phi) is 6.32. The standard InChI is InChI=1S/C18H24N4O3/c1-11-3-4-12(2)13(7-11)8-20-9-14(23)10-21-18(25)16-6-5-15(22-16)17(19)24/h3-7,14,20,22-23H,8-10H2,1-2H3,(H2,19,24)(H,21,25). The third kappa shape index (κ3) is 5.44. The number of H-pyrrole nitrogens is 1. The smallest absolute Gasteiger partial charge is 0.267 e. The molecule has 0 radical (unpaired) electrons. The molecule has 6 N–H and O–H groups in total. The zero-order valence-electron chi connectivity index (χ0n) is 14.4. The van der Waals surface area contributed by atoms with E-state index in [0.717, 1.165) is 0 Å². The quantitative estimate of drug-likeness (QED) is 0.482. The normalized spacial score (nSPS) is 12.0. The lowest BCUT2D eigenvalue weighted by molar-refractivity contribution is 0.0911. The molecule has 0 fully saturated rings. The molecule has 1 unspecified atom stereocenters. The average Bonchev–Trinajstić information content (AvgIpc) is 3.06. The molecular weight excluding hydrogens is 320 g/mol. The maximum atomic E-state index is 11.9. The van der Waals surface area contributed by atoms with Crippen LogP contribution in [0.4, 0.5) is 0 Å². The van der Waals surface area contributed by atoms with Gasteiger partial charge in [-0.3, -0.25) is 9.59 Å². The lowest BCUT2D eigenvalue weighted by Gasteiger charge is -2.14. The van der Waals surface area contributed by atoms with Gasteiger partial charge in [0.2, 0.25) is 0 Å². The van der Waals surface area contributed by atoms with Crippen molar-refractivity contribution in [2.45, 2.75) is 26.5 Å². The average molecular weight is 344 g/mol. The fourth-order valence-electron chi connectivity index (χ4n) is 2.41. The fraction of sp³-hybridized carbons (Fsp3) is 0.333. The number of nitrogens with one attached hydrogen (secondary N) is 3. The molecule has 1 aromatic heterocycles. The second kappa shape index (κ2) is 8.46. The lowest BCUT2D eigenvalue weighted by Crippen LogP contribution is -2.38. The van der Waals surface area contributed by atoms with Gasteiger partial charge in [0.25, 0.3) is 11.8 Å². The second-order valence-electron chi connectivity index (χ2n) is 6.07. The third-order valence-corrected chi connectivity index (χ3v) is 3.89. The van der Waals surface area contributed by atoms with E-state index in [0.29, 0.717) is 13.1 Å². The predicted octanol–water partition coefficient (Wildman–Crippen LogP) is 0.611. The van der Waals surface area contributed by atoms with E-state index in [-0.39, 0.29) is 17.9 Å². The molecule has 0 saturated heterocycles. The first-order valence-electron chi connectivity index (χ1n) is 8.08. The largest absolute Gasteiger partial charge is 0.390 e. The first-order valence-corrected chi connectivity index (χ1v) is 8.08. The van der Waals surface area contributed by atoms with Gasteiger partial charge in [-0.15, -0.1) is 0 Å². The highest BCUT2D eigenvalue weighted by atomic mass is 16.3. The van der Waals surface area contributed by atoms with Crippen molar-refractivity contribution in [1.29, 1.82) is 0 Å². The molecular formula is C18H24N4O3. The van der Waals surface area contributed by atoms with Crippen LogP contribution in [0.25, 0.3) is 0 Å². The van der Waals surface area contributed by atoms with Crippen LogP contribution in [0.3, 0.4) is 0 Å². The summed E-state index contributed by atoms with van der Waals surface area (Å²) in [6, 6.07) is 9.16. The topological polar surface area (TPSA) is 120 Å².